The summed E-state index contributed by atoms with van der Waals surface area (Å²) in [6.45, 7) is 11.5. The van der Waals surface area contributed by atoms with E-state index in [1.807, 2.05) is 0 Å². The lowest BCUT2D eigenvalue weighted by Gasteiger charge is -2.58. The minimum absolute atomic E-state index is 0.172. The van der Waals surface area contributed by atoms with Gasteiger partial charge in [0.2, 0.25) is 0 Å². The van der Waals surface area contributed by atoms with Crippen LogP contribution in [-0.2, 0) is 76.3 Å². The number of esters is 8. The van der Waals surface area contributed by atoms with Crippen molar-refractivity contribution in [1.29, 1.82) is 0 Å². The Bertz CT molecular complexity index is 1480. The van der Waals surface area contributed by atoms with Crippen LogP contribution in [0.1, 0.15) is 81.6 Å². The molecule has 0 bridgehead atoms. The molecule has 290 valence electrons. The van der Waals surface area contributed by atoms with Crippen LogP contribution < -0.4 is 0 Å². The number of methoxy groups -OCH3 is 1. The van der Waals surface area contributed by atoms with E-state index >= 15 is 0 Å². The SMILES string of the molecule is COC(=O)/C1=C/C2OC(=O)C(C)C2(O)C(OC(C)=O)C2C(C)C(OC(C)=O)CC(OC(C)=O)C2(C)C(OC(C)=O)CC1OC(=O)CC(C)OC(C)=O. The zero-order chi connectivity index (χ0) is 39.5. The summed E-state index contributed by atoms with van der Waals surface area (Å²) < 4.78 is 44.8. The molecule has 12 unspecified atom stereocenters. The predicted molar refractivity (Wildman–Crippen MR) is 172 cm³/mol. The Balaban J connectivity index is 2.49. The standard InChI is InChI=1S/C35H48O17/c1-15(46-18(4)36)11-29(41)51-25-14-27(49-21(7)39)34(9)26(48-20(6)38)13-24(47-19(5)37)16(2)30(34)31(50-22(8)40)35(44)17(3)32(42)52-28(35)12-23(25)33(43)45-10/h12,15-17,24-28,30-31,44H,11,13-14H2,1-10H3/b23-12+. The van der Waals surface area contributed by atoms with E-state index in [9.17, 15) is 43.5 Å². The van der Waals surface area contributed by atoms with Crippen molar-refractivity contribution < 1.29 is 81.4 Å². The molecule has 1 saturated heterocycles. The van der Waals surface area contributed by atoms with Crippen molar-refractivity contribution in [2.24, 2.45) is 23.2 Å². The van der Waals surface area contributed by atoms with Gasteiger partial charge in [-0.05, 0) is 19.9 Å². The molecule has 3 aliphatic rings. The lowest BCUT2D eigenvalue weighted by molar-refractivity contribution is -0.254. The van der Waals surface area contributed by atoms with Gasteiger partial charge in [-0.2, -0.15) is 0 Å². The van der Waals surface area contributed by atoms with Gasteiger partial charge in [-0.15, -0.1) is 0 Å². The fourth-order valence-corrected chi connectivity index (χ4v) is 7.84. The molecule has 0 spiro atoms. The third-order valence-electron chi connectivity index (χ3n) is 10.1. The summed E-state index contributed by atoms with van der Waals surface area (Å²) >= 11 is 0. The molecule has 0 aromatic carbocycles. The van der Waals surface area contributed by atoms with E-state index in [2.05, 4.69) is 0 Å². The largest absolute Gasteiger partial charge is 0.466 e. The molecular formula is C35H48O17. The minimum Gasteiger partial charge on any atom is -0.466 e. The maximum atomic E-state index is 13.5. The molecule has 3 rings (SSSR count). The fraction of sp³-hybridized carbons (Fsp3) is 0.714. The third-order valence-corrected chi connectivity index (χ3v) is 10.1. The number of fused-ring (bicyclic) bond motifs is 2. The van der Waals surface area contributed by atoms with Gasteiger partial charge in [0.05, 0.1) is 25.0 Å². The molecule has 0 aromatic rings. The van der Waals surface area contributed by atoms with Crippen molar-refractivity contribution >= 4 is 47.8 Å². The first-order valence-electron chi connectivity index (χ1n) is 16.9. The number of carbonyl (C=O) groups is 8. The normalized spacial score (nSPS) is 35.7. The molecule has 12 atom stereocenters. The van der Waals surface area contributed by atoms with Crippen molar-refractivity contribution in [3.05, 3.63) is 11.6 Å². The second kappa shape index (κ2) is 16.4. The average Bonchev–Trinajstić information content (AvgIpc) is 3.22. The molecular weight excluding hydrogens is 692 g/mol. The number of hydrogen-bond donors (Lipinski definition) is 1. The van der Waals surface area contributed by atoms with Crippen LogP contribution in [0.5, 0.6) is 0 Å². The highest BCUT2D eigenvalue weighted by atomic mass is 16.6. The van der Waals surface area contributed by atoms with Gasteiger partial charge in [-0.25, -0.2) is 4.79 Å². The maximum absolute atomic E-state index is 13.5. The van der Waals surface area contributed by atoms with Gasteiger partial charge in [-0.1, -0.05) is 13.8 Å². The van der Waals surface area contributed by atoms with Gasteiger partial charge in [0.25, 0.3) is 0 Å². The second-order valence-corrected chi connectivity index (χ2v) is 13.8. The van der Waals surface area contributed by atoms with Crippen molar-refractivity contribution in [2.45, 2.75) is 130 Å². The number of hydrogen-bond acceptors (Lipinski definition) is 17. The van der Waals surface area contributed by atoms with Crippen LogP contribution >= 0.6 is 0 Å². The molecule has 2 fully saturated rings. The van der Waals surface area contributed by atoms with Gasteiger partial charge in [0.15, 0.2) is 11.7 Å². The number of rotatable bonds is 9. The number of ether oxygens (including phenoxy) is 8. The first kappa shape index (κ1) is 41.9. The number of carbonyl (C=O) groups excluding carboxylic acids is 8. The van der Waals surface area contributed by atoms with Crippen LogP contribution in [0.2, 0.25) is 0 Å². The molecule has 1 aliphatic heterocycles. The molecule has 1 saturated carbocycles. The van der Waals surface area contributed by atoms with Crippen LogP contribution in [0.3, 0.4) is 0 Å². The molecule has 17 heteroatoms. The van der Waals surface area contributed by atoms with E-state index in [0.29, 0.717) is 0 Å². The Morgan fingerprint density at radius 3 is 1.88 bits per heavy atom. The minimum atomic E-state index is -2.50. The first-order chi connectivity index (χ1) is 24.1. The Kier molecular flexibility index (Phi) is 13.2. The summed E-state index contributed by atoms with van der Waals surface area (Å²) in [5, 5.41) is 12.8. The Morgan fingerprint density at radius 2 is 1.38 bits per heavy atom. The topological polar surface area (TPSA) is 231 Å². The molecule has 0 aromatic heterocycles. The molecule has 52 heavy (non-hydrogen) atoms. The average molecular weight is 741 g/mol. The molecule has 1 heterocycles. The highest BCUT2D eigenvalue weighted by Gasteiger charge is 2.70. The second-order valence-electron chi connectivity index (χ2n) is 13.8. The van der Waals surface area contributed by atoms with Gasteiger partial charge in [0, 0.05) is 64.7 Å². The van der Waals surface area contributed by atoms with Crippen LogP contribution in [-0.4, -0.2) is 108 Å². The monoisotopic (exact) mass is 740 g/mol. The fourth-order valence-electron chi connectivity index (χ4n) is 7.84. The van der Waals surface area contributed by atoms with Gasteiger partial charge in [-0.3, -0.25) is 33.6 Å². The van der Waals surface area contributed by atoms with Crippen molar-refractivity contribution in [2.75, 3.05) is 7.11 Å². The molecule has 1 N–H and O–H groups in total. The van der Waals surface area contributed by atoms with Crippen LogP contribution in [0.4, 0.5) is 0 Å². The van der Waals surface area contributed by atoms with Crippen LogP contribution in [0, 0.1) is 23.2 Å². The van der Waals surface area contributed by atoms with Crippen LogP contribution in [0.25, 0.3) is 0 Å². The van der Waals surface area contributed by atoms with E-state index in [1.54, 1.807) is 6.92 Å². The Hall–Kier alpha value is -4.54. The van der Waals surface area contributed by atoms with Gasteiger partial charge < -0.3 is 43.0 Å². The zero-order valence-corrected chi connectivity index (χ0v) is 31.0. The van der Waals surface area contributed by atoms with E-state index in [-0.39, 0.29) is 6.42 Å². The molecule has 17 nitrogen and oxygen atoms in total. The van der Waals surface area contributed by atoms with Crippen molar-refractivity contribution in [3.8, 4) is 0 Å². The summed E-state index contributed by atoms with van der Waals surface area (Å²) in [5.74, 6) is -10.6. The van der Waals surface area contributed by atoms with E-state index < -0.39 is 138 Å². The van der Waals surface area contributed by atoms with E-state index in [4.69, 9.17) is 37.9 Å². The summed E-state index contributed by atoms with van der Waals surface area (Å²) in [5.41, 5.74) is -4.68. The lowest BCUT2D eigenvalue weighted by atomic mass is 9.52. The number of aliphatic hydroxyl groups is 1. The molecule has 0 radical (unpaired) electrons. The Morgan fingerprint density at radius 1 is 0.846 bits per heavy atom. The smallest absolute Gasteiger partial charge is 0.337 e. The highest BCUT2D eigenvalue weighted by molar-refractivity contribution is 5.90. The highest BCUT2D eigenvalue weighted by Crippen LogP contribution is 2.57. The predicted octanol–water partition coefficient (Wildman–Crippen LogP) is 1.42. The third kappa shape index (κ3) is 8.73. The van der Waals surface area contributed by atoms with Gasteiger partial charge >= 0.3 is 47.8 Å². The Labute approximate surface area is 300 Å². The summed E-state index contributed by atoms with van der Waals surface area (Å²) in [7, 11) is 1.02. The zero-order valence-electron chi connectivity index (χ0n) is 31.0. The first-order valence-corrected chi connectivity index (χ1v) is 16.9. The molecule has 2 aliphatic carbocycles. The van der Waals surface area contributed by atoms with E-state index in [1.165, 1.54) is 20.8 Å². The van der Waals surface area contributed by atoms with Crippen LogP contribution in [0.15, 0.2) is 11.6 Å². The van der Waals surface area contributed by atoms with Crippen molar-refractivity contribution in [1.82, 2.24) is 0 Å². The maximum Gasteiger partial charge on any atom is 0.337 e. The summed E-state index contributed by atoms with van der Waals surface area (Å²) in [6.07, 6.45) is -10.1. The quantitative estimate of drug-likeness (QED) is 0.260. The van der Waals surface area contributed by atoms with E-state index in [0.717, 1.165) is 47.8 Å². The van der Waals surface area contributed by atoms with Gasteiger partial charge in [0.1, 0.15) is 36.6 Å². The molecule has 0 amide bonds. The summed E-state index contributed by atoms with van der Waals surface area (Å²) in [6, 6.07) is 0. The summed E-state index contributed by atoms with van der Waals surface area (Å²) in [4.78, 5) is 103. The lowest BCUT2D eigenvalue weighted by Crippen LogP contribution is -2.69. The van der Waals surface area contributed by atoms with Crippen molar-refractivity contribution in [3.63, 3.8) is 0 Å².